The van der Waals surface area contributed by atoms with Gasteiger partial charge in [0.25, 0.3) is 0 Å². The first-order chi connectivity index (χ1) is 8.41. The Balaban J connectivity index is 2.77. The molecule has 0 radical (unpaired) electrons. The van der Waals surface area contributed by atoms with Crippen LogP contribution in [0.3, 0.4) is 0 Å². The monoisotopic (exact) mass is 245 g/mol. The van der Waals surface area contributed by atoms with Gasteiger partial charge in [-0.05, 0) is 34.6 Å². The highest BCUT2D eigenvalue weighted by Crippen LogP contribution is 2.08. The molecule has 0 N–H and O–H groups in total. The molecular formula is C16H23NO. The maximum Gasteiger partial charge on any atom is 0.187 e. The Morgan fingerprint density at radius 1 is 1.06 bits per heavy atom. The molecule has 1 aromatic rings. The second kappa shape index (κ2) is 6.39. The summed E-state index contributed by atoms with van der Waals surface area (Å²) in [6, 6.07) is 8.46. The molecule has 0 aliphatic carbocycles. The molecule has 0 saturated heterocycles. The zero-order valence-electron chi connectivity index (χ0n) is 12.0. The highest BCUT2D eigenvalue weighted by Gasteiger charge is 2.09. The predicted molar refractivity (Wildman–Crippen MR) is 76.8 cm³/mol. The lowest BCUT2D eigenvalue weighted by Crippen LogP contribution is -2.32. The number of aryl methyl sites for hydroxylation is 1. The van der Waals surface area contributed by atoms with Gasteiger partial charge in [-0.15, -0.1) is 0 Å². The van der Waals surface area contributed by atoms with Crippen molar-refractivity contribution < 1.29 is 4.79 Å². The molecule has 0 heterocycles. The van der Waals surface area contributed by atoms with Crippen LogP contribution in [0.4, 0.5) is 0 Å². The molecule has 0 unspecified atom stereocenters. The molecule has 0 aliphatic heterocycles. The van der Waals surface area contributed by atoms with Crippen LogP contribution in [-0.4, -0.2) is 22.8 Å². The minimum absolute atomic E-state index is 0.0568. The summed E-state index contributed by atoms with van der Waals surface area (Å²) in [5, 5.41) is 0. The van der Waals surface area contributed by atoms with Crippen molar-refractivity contribution in [2.45, 2.75) is 46.7 Å². The first-order valence-corrected chi connectivity index (χ1v) is 6.48. The number of hydrogen-bond acceptors (Lipinski definition) is 2. The van der Waals surface area contributed by atoms with Crippen LogP contribution < -0.4 is 0 Å². The molecule has 0 amide bonds. The van der Waals surface area contributed by atoms with Crippen LogP contribution in [0.5, 0.6) is 0 Å². The zero-order valence-corrected chi connectivity index (χ0v) is 12.0. The lowest BCUT2D eigenvalue weighted by Gasteiger charge is -2.29. The Morgan fingerprint density at radius 2 is 1.56 bits per heavy atom. The number of rotatable bonds is 5. The molecule has 98 valence electrons. The van der Waals surface area contributed by atoms with Crippen molar-refractivity contribution in [3.8, 4) is 0 Å². The van der Waals surface area contributed by atoms with Gasteiger partial charge >= 0.3 is 0 Å². The Labute approximate surface area is 110 Å². The van der Waals surface area contributed by atoms with E-state index in [9.17, 15) is 4.79 Å². The van der Waals surface area contributed by atoms with Crippen LogP contribution in [0, 0.1) is 6.92 Å². The number of allylic oxidation sites excluding steroid dienone is 1. The first kappa shape index (κ1) is 14.5. The molecule has 2 nitrogen and oxygen atoms in total. The predicted octanol–water partition coefficient (Wildman–Crippen LogP) is 3.81. The molecule has 0 atom stereocenters. The van der Waals surface area contributed by atoms with E-state index in [4.69, 9.17) is 0 Å². The minimum Gasteiger partial charge on any atom is -0.372 e. The molecule has 0 fully saturated rings. The SMILES string of the molecule is Cc1ccc(C(=O)/C=C/N(C(C)C)C(C)C)cc1. The third-order valence-corrected chi connectivity index (χ3v) is 2.93. The topological polar surface area (TPSA) is 20.3 Å². The van der Waals surface area contributed by atoms with Crippen molar-refractivity contribution in [1.29, 1.82) is 0 Å². The Morgan fingerprint density at radius 3 is 2.00 bits per heavy atom. The first-order valence-electron chi connectivity index (χ1n) is 6.48. The van der Waals surface area contributed by atoms with Crippen molar-refractivity contribution in [3.63, 3.8) is 0 Å². The summed E-state index contributed by atoms with van der Waals surface area (Å²) in [6.07, 6.45) is 3.56. The fourth-order valence-corrected chi connectivity index (χ4v) is 1.91. The molecule has 0 bridgehead atoms. The van der Waals surface area contributed by atoms with Crippen molar-refractivity contribution in [1.82, 2.24) is 4.90 Å². The number of carbonyl (C=O) groups excluding carboxylic acids is 1. The maximum absolute atomic E-state index is 12.0. The molecule has 2 heteroatoms. The number of benzene rings is 1. The van der Waals surface area contributed by atoms with Crippen LogP contribution in [-0.2, 0) is 0 Å². The van der Waals surface area contributed by atoms with Gasteiger partial charge in [0.1, 0.15) is 0 Å². The van der Waals surface area contributed by atoms with E-state index in [0.717, 1.165) is 5.56 Å². The molecular weight excluding hydrogens is 222 g/mol. The molecule has 0 spiro atoms. The summed E-state index contributed by atoms with van der Waals surface area (Å²) in [7, 11) is 0. The average Bonchev–Trinajstić information content (AvgIpc) is 2.28. The highest BCUT2D eigenvalue weighted by molar-refractivity contribution is 6.04. The molecule has 18 heavy (non-hydrogen) atoms. The van der Waals surface area contributed by atoms with E-state index in [1.807, 2.05) is 37.4 Å². The Kier molecular flexibility index (Phi) is 5.14. The fraction of sp³-hybridized carbons (Fsp3) is 0.438. The van der Waals surface area contributed by atoms with E-state index in [-0.39, 0.29) is 5.78 Å². The average molecular weight is 245 g/mol. The van der Waals surface area contributed by atoms with E-state index in [2.05, 4.69) is 32.6 Å². The van der Waals surface area contributed by atoms with Gasteiger partial charge in [-0.1, -0.05) is 29.8 Å². The summed E-state index contributed by atoms with van der Waals surface area (Å²) < 4.78 is 0. The largest absolute Gasteiger partial charge is 0.372 e. The van der Waals surface area contributed by atoms with Gasteiger partial charge in [-0.2, -0.15) is 0 Å². The second-order valence-corrected chi connectivity index (χ2v) is 5.18. The van der Waals surface area contributed by atoms with Crippen LogP contribution in [0.15, 0.2) is 36.5 Å². The van der Waals surface area contributed by atoms with Gasteiger partial charge in [0, 0.05) is 29.9 Å². The van der Waals surface area contributed by atoms with Crippen LogP contribution in [0.1, 0.15) is 43.6 Å². The number of hydrogen-bond donors (Lipinski definition) is 0. The normalized spacial score (nSPS) is 11.5. The van der Waals surface area contributed by atoms with Gasteiger partial charge in [0.05, 0.1) is 0 Å². The minimum atomic E-state index is 0.0568. The van der Waals surface area contributed by atoms with Gasteiger partial charge < -0.3 is 4.90 Å². The molecule has 0 aliphatic rings. The molecule has 0 aromatic heterocycles. The van der Waals surface area contributed by atoms with Crippen LogP contribution in [0.25, 0.3) is 0 Å². The number of nitrogens with zero attached hydrogens (tertiary/aromatic N) is 1. The van der Waals surface area contributed by atoms with Crippen molar-refractivity contribution >= 4 is 5.78 Å². The van der Waals surface area contributed by atoms with E-state index in [1.165, 1.54) is 5.56 Å². The fourth-order valence-electron chi connectivity index (χ4n) is 1.91. The maximum atomic E-state index is 12.0. The van der Waals surface area contributed by atoms with E-state index >= 15 is 0 Å². The quantitative estimate of drug-likeness (QED) is 0.581. The van der Waals surface area contributed by atoms with Crippen molar-refractivity contribution in [2.24, 2.45) is 0 Å². The van der Waals surface area contributed by atoms with E-state index < -0.39 is 0 Å². The van der Waals surface area contributed by atoms with Crippen LogP contribution >= 0.6 is 0 Å². The van der Waals surface area contributed by atoms with Crippen molar-refractivity contribution in [2.75, 3.05) is 0 Å². The summed E-state index contributed by atoms with van der Waals surface area (Å²) >= 11 is 0. The summed E-state index contributed by atoms with van der Waals surface area (Å²) in [4.78, 5) is 14.2. The third kappa shape index (κ3) is 4.02. The van der Waals surface area contributed by atoms with Gasteiger partial charge in [-0.3, -0.25) is 4.79 Å². The summed E-state index contributed by atoms with van der Waals surface area (Å²) in [6.45, 7) is 10.5. The third-order valence-electron chi connectivity index (χ3n) is 2.93. The Hall–Kier alpha value is -1.57. The smallest absolute Gasteiger partial charge is 0.187 e. The number of ketones is 1. The van der Waals surface area contributed by atoms with Gasteiger partial charge in [0.2, 0.25) is 0 Å². The molecule has 1 aromatic carbocycles. The molecule has 1 rings (SSSR count). The standard InChI is InChI=1S/C16H23NO/c1-12(2)17(13(3)4)11-10-16(18)15-8-6-14(5)7-9-15/h6-13H,1-5H3/b11-10+. The summed E-state index contributed by atoms with van der Waals surface area (Å²) in [5.74, 6) is 0.0568. The summed E-state index contributed by atoms with van der Waals surface area (Å²) in [5.41, 5.74) is 1.91. The number of carbonyl (C=O) groups is 1. The lowest BCUT2D eigenvalue weighted by atomic mass is 10.1. The van der Waals surface area contributed by atoms with Crippen molar-refractivity contribution in [3.05, 3.63) is 47.7 Å². The molecule has 0 saturated carbocycles. The van der Waals surface area contributed by atoms with E-state index in [0.29, 0.717) is 12.1 Å². The van der Waals surface area contributed by atoms with Gasteiger partial charge in [0.15, 0.2) is 5.78 Å². The zero-order chi connectivity index (χ0) is 13.7. The van der Waals surface area contributed by atoms with E-state index in [1.54, 1.807) is 6.08 Å². The Bertz CT molecular complexity index is 407. The highest BCUT2D eigenvalue weighted by atomic mass is 16.1. The van der Waals surface area contributed by atoms with Crippen LogP contribution in [0.2, 0.25) is 0 Å². The lowest BCUT2D eigenvalue weighted by molar-refractivity contribution is 0.104. The second-order valence-electron chi connectivity index (χ2n) is 5.18. The van der Waals surface area contributed by atoms with Gasteiger partial charge in [-0.25, -0.2) is 0 Å².